The Kier molecular flexibility index (Phi) is 3.98. The summed E-state index contributed by atoms with van der Waals surface area (Å²) < 4.78 is 5.96. The normalized spacial score (nSPS) is 10.7. The number of pyridine rings is 1. The monoisotopic (exact) mass is 307 g/mol. The Morgan fingerprint density at radius 1 is 1.09 bits per heavy atom. The lowest BCUT2D eigenvalue weighted by Crippen LogP contribution is -1.99. The number of hydrogen-bond acceptors (Lipinski definition) is 3. The maximum Gasteiger partial charge on any atom is 0.307 e. The van der Waals surface area contributed by atoms with Gasteiger partial charge in [0.15, 0.2) is 0 Å². The Balaban J connectivity index is 1.92. The van der Waals surface area contributed by atoms with Gasteiger partial charge in [-0.1, -0.05) is 12.1 Å². The Bertz CT molecular complexity index is 870. The van der Waals surface area contributed by atoms with Crippen LogP contribution in [0.25, 0.3) is 10.9 Å². The highest BCUT2D eigenvalue weighted by molar-refractivity contribution is 5.86. The third kappa shape index (κ3) is 3.31. The molecule has 0 aliphatic rings. The fourth-order valence-corrected chi connectivity index (χ4v) is 2.45. The standard InChI is InChI=1S/C19H17NO3/c1-12-9-16-17(10-13(12)2)20-8-7-18(16)23-15-5-3-14(4-6-15)11-19(21)22/h3-10H,11H2,1-2H3,(H,21,22). The van der Waals surface area contributed by atoms with E-state index in [0.717, 1.165) is 22.2 Å². The predicted molar refractivity (Wildman–Crippen MR) is 89.1 cm³/mol. The maximum atomic E-state index is 10.7. The fraction of sp³-hybridized carbons (Fsp3) is 0.158. The summed E-state index contributed by atoms with van der Waals surface area (Å²) in [6, 6.07) is 13.1. The van der Waals surface area contributed by atoms with Crippen LogP contribution in [0, 0.1) is 13.8 Å². The molecule has 0 radical (unpaired) electrons. The summed E-state index contributed by atoms with van der Waals surface area (Å²) in [6.45, 7) is 4.12. The predicted octanol–water partition coefficient (Wildman–Crippen LogP) is 4.27. The number of benzene rings is 2. The van der Waals surface area contributed by atoms with Crippen molar-refractivity contribution in [3.8, 4) is 11.5 Å². The van der Waals surface area contributed by atoms with E-state index in [1.165, 1.54) is 11.1 Å². The van der Waals surface area contributed by atoms with Crippen LogP contribution < -0.4 is 4.74 Å². The smallest absolute Gasteiger partial charge is 0.307 e. The molecular formula is C19H17NO3. The number of fused-ring (bicyclic) bond motifs is 1. The number of aromatic nitrogens is 1. The van der Waals surface area contributed by atoms with E-state index >= 15 is 0 Å². The number of aliphatic carboxylic acids is 1. The molecule has 1 aromatic heterocycles. The van der Waals surface area contributed by atoms with E-state index in [-0.39, 0.29) is 6.42 Å². The van der Waals surface area contributed by atoms with Crippen LogP contribution in [0.4, 0.5) is 0 Å². The topological polar surface area (TPSA) is 59.4 Å². The van der Waals surface area contributed by atoms with E-state index in [9.17, 15) is 4.79 Å². The Labute approximate surface area is 134 Å². The van der Waals surface area contributed by atoms with E-state index in [1.807, 2.05) is 12.1 Å². The van der Waals surface area contributed by atoms with Crippen LogP contribution in [0.3, 0.4) is 0 Å². The molecule has 0 aliphatic heterocycles. The van der Waals surface area contributed by atoms with Crippen molar-refractivity contribution in [1.82, 2.24) is 4.98 Å². The highest BCUT2D eigenvalue weighted by Crippen LogP contribution is 2.30. The minimum Gasteiger partial charge on any atom is -0.481 e. The number of carbonyl (C=O) groups is 1. The number of nitrogens with zero attached hydrogens (tertiary/aromatic N) is 1. The molecule has 116 valence electrons. The van der Waals surface area contributed by atoms with Gasteiger partial charge in [-0.15, -0.1) is 0 Å². The zero-order valence-corrected chi connectivity index (χ0v) is 13.0. The molecule has 3 rings (SSSR count). The molecule has 4 heteroatoms. The van der Waals surface area contributed by atoms with Crippen molar-refractivity contribution in [1.29, 1.82) is 0 Å². The summed E-state index contributed by atoms with van der Waals surface area (Å²) in [4.78, 5) is 15.1. The van der Waals surface area contributed by atoms with Gasteiger partial charge >= 0.3 is 5.97 Å². The molecule has 0 fully saturated rings. The van der Waals surface area contributed by atoms with Crippen molar-refractivity contribution < 1.29 is 14.6 Å². The highest BCUT2D eigenvalue weighted by atomic mass is 16.5. The van der Waals surface area contributed by atoms with Crippen molar-refractivity contribution in [2.45, 2.75) is 20.3 Å². The van der Waals surface area contributed by atoms with Gasteiger partial charge in [0.2, 0.25) is 0 Å². The number of aryl methyl sites for hydroxylation is 2. The molecule has 0 spiro atoms. The first-order valence-corrected chi connectivity index (χ1v) is 7.37. The lowest BCUT2D eigenvalue weighted by Gasteiger charge is -2.10. The van der Waals surface area contributed by atoms with E-state index in [0.29, 0.717) is 5.75 Å². The van der Waals surface area contributed by atoms with E-state index < -0.39 is 5.97 Å². The van der Waals surface area contributed by atoms with Gasteiger partial charge in [0.05, 0.1) is 11.9 Å². The largest absolute Gasteiger partial charge is 0.481 e. The van der Waals surface area contributed by atoms with Gasteiger partial charge in [-0.05, 0) is 60.9 Å². The molecule has 3 aromatic rings. The molecule has 0 bridgehead atoms. The summed E-state index contributed by atoms with van der Waals surface area (Å²) in [6.07, 6.45) is 1.74. The molecule has 4 nitrogen and oxygen atoms in total. The third-order valence-electron chi connectivity index (χ3n) is 3.82. The van der Waals surface area contributed by atoms with Crippen LogP contribution in [0.1, 0.15) is 16.7 Å². The number of carboxylic acids is 1. The quantitative estimate of drug-likeness (QED) is 0.782. The lowest BCUT2D eigenvalue weighted by molar-refractivity contribution is -0.136. The van der Waals surface area contributed by atoms with Gasteiger partial charge in [-0.2, -0.15) is 0 Å². The third-order valence-corrected chi connectivity index (χ3v) is 3.82. The lowest BCUT2D eigenvalue weighted by atomic mass is 10.1. The molecule has 0 aliphatic carbocycles. The van der Waals surface area contributed by atoms with Crippen LogP contribution >= 0.6 is 0 Å². The van der Waals surface area contributed by atoms with Crippen LogP contribution in [0.5, 0.6) is 11.5 Å². The molecule has 23 heavy (non-hydrogen) atoms. The number of rotatable bonds is 4. The molecule has 0 atom stereocenters. The van der Waals surface area contributed by atoms with Crippen LogP contribution in [0.2, 0.25) is 0 Å². The molecular weight excluding hydrogens is 290 g/mol. The molecule has 1 N–H and O–H groups in total. The van der Waals surface area contributed by atoms with Crippen LogP contribution in [-0.4, -0.2) is 16.1 Å². The minimum absolute atomic E-state index is 0.0109. The first kappa shape index (κ1) is 15.0. The van der Waals surface area contributed by atoms with Crippen LogP contribution in [-0.2, 0) is 11.2 Å². The van der Waals surface area contributed by atoms with Gasteiger partial charge in [-0.3, -0.25) is 9.78 Å². The van der Waals surface area contributed by atoms with Gasteiger partial charge in [0, 0.05) is 11.6 Å². The summed E-state index contributed by atoms with van der Waals surface area (Å²) in [5, 5.41) is 9.76. The van der Waals surface area contributed by atoms with Gasteiger partial charge in [0.1, 0.15) is 11.5 Å². The molecule has 0 saturated carbocycles. The Morgan fingerprint density at radius 3 is 2.48 bits per heavy atom. The van der Waals surface area contributed by atoms with Gasteiger partial charge in [0.25, 0.3) is 0 Å². The Hall–Kier alpha value is -2.88. The zero-order chi connectivity index (χ0) is 16.4. The van der Waals surface area contributed by atoms with Crippen LogP contribution in [0.15, 0.2) is 48.7 Å². The van der Waals surface area contributed by atoms with Crippen molar-refractivity contribution >= 4 is 16.9 Å². The molecule has 1 heterocycles. The summed E-state index contributed by atoms with van der Waals surface area (Å²) in [7, 11) is 0. The van der Waals surface area contributed by atoms with E-state index in [2.05, 4.69) is 24.9 Å². The van der Waals surface area contributed by atoms with Crippen molar-refractivity contribution in [2.75, 3.05) is 0 Å². The summed E-state index contributed by atoms with van der Waals surface area (Å²) in [5.41, 5.74) is 4.02. The average molecular weight is 307 g/mol. The highest BCUT2D eigenvalue weighted by Gasteiger charge is 2.07. The first-order chi connectivity index (χ1) is 11.0. The second-order valence-corrected chi connectivity index (χ2v) is 5.58. The van der Waals surface area contributed by atoms with Gasteiger partial charge in [-0.25, -0.2) is 0 Å². The number of hydrogen-bond donors (Lipinski definition) is 1. The van der Waals surface area contributed by atoms with Crippen molar-refractivity contribution in [3.63, 3.8) is 0 Å². The second-order valence-electron chi connectivity index (χ2n) is 5.58. The average Bonchev–Trinajstić information content (AvgIpc) is 2.51. The summed E-state index contributed by atoms with van der Waals surface area (Å²) in [5.74, 6) is 0.568. The van der Waals surface area contributed by atoms with Gasteiger partial charge < -0.3 is 9.84 Å². The van der Waals surface area contributed by atoms with Crippen molar-refractivity contribution in [3.05, 3.63) is 65.4 Å². The Morgan fingerprint density at radius 2 is 1.78 bits per heavy atom. The SMILES string of the molecule is Cc1cc2nccc(Oc3ccc(CC(=O)O)cc3)c2cc1C. The minimum atomic E-state index is -0.843. The van der Waals surface area contributed by atoms with E-state index in [4.69, 9.17) is 9.84 Å². The molecule has 0 unspecified atom stereocenters. The zero-order valence-electron chi connectivity index (χ0n) is 13.0. The first-order valence-electron chi connectivity index (χ1n) is 7.37. The molecule has 2 aromatic carbocycles. The van der Waals surface area contributed by atoms with Crippen molar-refractivity contribution in [2.24, 2.45) is 0 Å². The molecule has 0 amide bonds. The number of carboxylic acid groups (broad SMARTS) is 1. The molecule has 0 saturated heterocycles. The number of ether oxygens (including phenoxy) is 1. The second kappa shape index (κ2) is 6.08. The maximum absolute atomic E-state index is 10.7. The summed E-state index contributed by atoms with van der Waals surface area (Å²) >= 11 is 0. The fourth-order valence-electron chi connectivity index (χ4n) is 2.45. The van der Waals surface area contributed by atoms with E-state index in [1.54, 1.807) is 30.5 Å².